The molecule has 0 fully saturated rings. The van der Waals surface area contributed by atoms with Gasteiger partial charge in [-0.2, -0.15) is 5.10 Å². The quantitative estimate of drug-likeness (QED) is 0.715. The van der Waals surface area contributed by atoms with E-state index in [9.17, 15) is 5.11 Å². The largest absolute Gasteiger partial charge is 0.493 e. The van der Waals surface area contributed by atoms with Crippen LogP contribution in [-0.2, 0) is 13.1 Å². The van der Waals surface area contributed by atoms with Crippen molar-refractivity contribution in [1.82, 2.24) is 9.78 Å². The third-order valence-corrected chi connectivity index (χ3v) is 4.37. The van der Waals surface area contributed by atoms with E-state index in [1.807, 2.05) is 32.9 Å². The van der Waals surface area contributed by atoms with Crippen molar-refractivity contribution in [2.45, 2.75) is 33.9 Å². The summed E-state index contributed by atoms with van der Waals surface area (Å²) >= 11 is 3.54. The van der Waals surface area contributed by atoms with Gasteiger partial charge in [0.05, 0.1) is 37.0 Å². The molecule has 6 nitrogen and oxygen atoms in total. The first-order valence-corrected chi connectivity index (χ1v) is 8.69. The number of methoxy groups -OCH3 is 1. The number of nitrogens with zero attached hydrogens (tertiary/aromatic N) is 2. The summed E-state index contributed by atoms with van der Waals surface area (Å²) in [5.74, 6) is 2.33. The Kier molecular flexibility index (Phi) is 6.51. The van der Waals surface area contributed by atoms with Crippen LogP contribution < -0.4 is 14.8 Å². The number of aliphatic hydroxyl groups excluding tert-OH is 1. The van der Waals surface area contributed by atoms with Crippen LogP contribution in [-0.4, -0.2) is 35.2 Å². The normalized spacial score (nSPS) is 10.8. The van der Waals surface area contributed by atoms with Crippen LogP contribution in [0.25, 0.3) is 0 Å². The van der Waals surface area contributed by atoms with Crippen molar-refractivity contribution in [3.8, 4) is 11.5 Å². The lowest BCUT2D eigenvalue weighted by Crippen LogP contribution is -2.11. The van der Waals surface area contributed by atoms with Crippen LogP contribution in [0.2, 0.25) is 0 Å². The number of benzene rings is 1. The smallest absolute Gasteiger partial charge is 0.175 e. The number of aryl methyl sites for hydroxylation is 1. The zero-order valence-electron chi connectivity index (χ0n) is 14.5. The second-order valence-corrected chi connectivity index (χ2v) is 6.26. The molecule has 0 aliphatic heterocycles. The SMILES string of the molecule is CCOc1c(Br)cc(CNc2c(C)c(C)nn2CCO)cc1OC. The fourth-order valence-corrected chi connectivity index (χ4v) is 3.10. The van der Waals surface area contributed by atoms with Crippen molar-refractivity contribution >= 4 is 21.7 Å². The molecule has 1 heterocycles. The third kappa shape index (κ3) is 4.02. The highest BCUT2D eigenvalue weighted by Gasteiger charge is 2.14. The van der Waals surface area contributed by atoms with Gasteiger partial charge >= 0.3 is 0 Å². The second-order valence-electron chi connectivity index (χ2n) is 5.40. The van der Waals surface area contributed by atoms with Gasteiger partial charge < -0.3 is 19.9 Å². The zero-order valence-corrected chi connectivity index (χ0v) is 16.1. The van der Waals surface area contributed by atoms with Crippen LogP contribution in [0.4, 0.5) is 5.82 Å². The Morgan fingerprint density at radius 2 is 2.08 bits per heavy atom. The van der Waals surface area contributed by atoms with E-state index in [4.69, 9.17) is 9.47 Å². The summed E-state index contributed by atoms with van der Waals surface area (Å²) in [6.07, 6.45) is 0. The molecule has 0 saturated carbocycles. The van der Waals surface area contributed by atoms with Gasteiger partial charge in [0.15, 0.2) is 11.5 Å². The number of nitrogens with one attached hydrogen (secondary N) is 1. The molecule has 2 N–H and O–H groups in total. The molecule has 1 aromatic carbocycles. The molecule has 1 aromatic heterocycles. The van der Waals surface area contributed by atoms with E-state index in [1.165, 1.54) is 0 Å². The average molecular weight is 398 g/mol. The predicted octanol–water partition coefficient (Wildman–Crippen LogP) is 3.27. The van der Waals surface area contributed by atoms with Gasteiger partial charge in [-0.05, 0) is 54.4 Å². The molecule has 24 heavy (non-hydrogen) atoms. The molecule has 0 unspecified atom stereocenters. The summed E-state index contributed by atoms with van der Waals surface area (Å²) in [6, 6.07) is 3.97. The first-order valence-electron chi connectivity index (χ1n) is 7.89. The van der Waals surface area contributed by atoms with Crippen LogP contribution in [0.15, 0.2) is 16.6 Å². The van der Waals surface area contributed by atoms with Crippen molar-refractivity contribution in [1.29, 1.82) is 0 Å². The monoisotopic (exact) mass is 397 g/mol. The van der Waals surface area contributed by atoms with Crippen LogP contribution in [0.3, 0.4) is 0 Å². The van der Waals surface area contributed by atoms with Crippen LogP contribution in [0.5, 0.6) is 11.5 Å². The molecule has 2 rings (SSSR count). The van der Waals surface area contributed by atoms with Crippen molar-refractivity contribution < 1.29 is 14.6 Å². The highest BCUT2D eigenvalue weighted by molar-refractivity contribution is 9.10. The molecule has 0 spiro atoms. The molecule has 0 amide bonds. The summed E-state index contributed by atoms with van der Waals surface area (Å²) in [5, 5.41) is 17.0. The van der Waals surface area contributed by atoms with E-state index < -0.39 is 0 Å². The molecule has 0 radical (unpaired) electrons. The lowest BCUT2D eigenvalue weighted by Gasteiger charge is -2.15. The number of halogens is 1. The van der Waals surface area contributed by atoms with Gasteiger partial charge in [-0.15, -0.1) is 0 Å². The minimum Gasteiger partial charge on any atom is -0.493 e. The van der Waals surface area contributed by atoms with Crippen molar-refractivity contribution in [3.05, 3.63) is 33.4 Å². The number of rotatable bonds is 8. The summed E-state index contributed by atoms with van der Waals surface area (Å²) in [4.78, 5) is 0. The Balaban J connectivity index is 2.22. The number of hydrogen-bond acceptors (Lipinski definition) is 5. The summed E-state index contributed by atoms with van der Waals surface area (Å²) in [5.41, 5.74) is 3.09. The maximum absolute atomic E-state index is 9.19. The fourth-order valence-electron chi connectivity index (χ4n) is 2.50. The molecule has 2 aromatic rings. The van der Waals surface area contributed by atoms with Gasteiger partial charge in [0.1, 0.15) is 5.82 Å². The van der Waals surface area contributed by atoms with Gasteiger partial charge in [0, 0.05) is 12.1 Å². The van der Waals surface area contributed by atoms with Gasteiger partial charge in [0.25, 0.3) is 0 Å². The molecule has 0 bridgehead atoms. The molecule has 7 heteroatoms. The van der Waals surface area contributed by atoms with Crippen LogP contribution in [0, 0.1) is 13.8 Å². The van der Waals surface area contributed by atoms with Crippen molar-refractivity contribution in [3.63, 3.8) is 0 Å². The van der Waals surface area contributed by atoms with E-state index >= 15 is 0 Å². The molecule has 0 aliphatic carbocycles. The Morgan fingerprint density at radius 1 is 1.33 bits per heavy atom. The van der Waals surface area contributed by atoms with Crippen molar-refractivity contribution in [2.24, 2.45) is 0 Å². The summed E-state index contributed by atoms with van der Waals surface area (Å²) in [7, 11) is 1.63. The van der Waals surface area contributed by atoms with Crippen LogP contribution >= 0.6 is 15.9 Å². The highest BCUT2D eigenvalue weighted by atomic mass is 79.9. The van der Waals surface area contributed by atoms with Crippen LogP contribution in [0.1, 0.15) is 23.7 Å². The first-order chi connectivity index (χ1) is 11.5. The lowest BCUT2D eigenvalue weighted by molar-refractivity contribution is 0.270. The molecular weight excluding hydrogens is 374 g/mol. The molecular formula is C17H24BrN3O3. The summed E-state index contributed by atoms with van der Waals surface area (Å²) < 4.78 is 13.7. The number of aliphatic hydroxyl groups is 1. The lowest BCUT2D eigenvalue weighted by atomic mass is 10.2. The minimum atomic E-state index is 0.0532. The topological polar surface area (TPSA) is 68.5 Å². The maximum atomic E-state index is 9.19. The van der Waals surface area contributed by atoms with Gasteiger partial charge in [0.2, 0.25) is 0 Å². The number of hydrogen-bond donors (Lipinski definition) is 2. The third-order valence-electron chi connectivity index (χ3n) is 3.78. The Bertz CT molecular complexity index is 701. The number of aromatic nitrogens is 2. The Labute approximate surface area is 150 Å². The van der Waals surface area contributed by atoms with E-state index in [-0.39, 0.29) is 6.61 Å². The van der Waals surface area contributed by atoms with E-state index in [2.05, 4.69) is 26.3 Å². The standard InChI is InChI=1S/C17H24BrN3O3/c1-5-24-16-14(18)8-13(9-15(16)23-4)10-19-17-11(2)12(3)20-21(17)6-7-22/h8-9,19,22H,5-7,10H2,1-4H3. The van der Waals surface area contributed by atoms with E-state index in [1.54, 1.807) is 11.8 Å². The fraction of sp³-hybridized carbons (Fsp3) is 0.471. The predicted molar refractivity (Wildman–Crippen MR) is 98.0 cm³/mol. The molecule has 0 atom stereocenters. The molecule has 0 aliphatic rings. The van der Waals surface area contributed by atoms with Crippen molar-refractivity contribution in [2.75, 3.05) is 25.6 Å². The average Bonchev–Trinajstić information content (AvgIpc) is 2.82. The molecule has 132 valence electrons. The zero-order chi connectivity index (χ0) is 17.7. The van der Waals surface area contributed by atoms with E-state index in [0.717, 1.165) is 27.1 Å². The Hall–Kier alpha value is -1.73. The second kappa shape index (κ2) is 8.39. The van der Waals surface area contributed by atoms with Gasteiger partial charge in [-0.25, -0.2) is 4.68 Å². The summed E-state index contributed by atoms with van der Waals surface area (Å²) in [6.45, 7) is 7.63. The minimum absolute atomic E-state index is 0.0532. The molecule has 0 saturated heterocycles. The van der Waals surface area contributed by atoms with Gasteiger partial charge in [-0.3, -0.25) is 0 Å². The first kappa shape index (κ1) is 18.6. The van der Waals surface area contributed by atoms with Gasteiger partial charge in [-0.1, -0.05) is 0 Å². The number of anilines is 1. The number of ether oxygens (including phenoxy) is 2. The maximum Gasteiger partial charge on any atom is 0.175 e. The van der Waals surface area contributed by atoms with E-state index in [0.29, 0.717) is 31.2 Å². The Morgan fingerprint density at radius 3 is 2.71 bits per heavy atom. The highest BCUT2D eigenvalue weighted by Crippen LogP contribution is 2.36.